The van der Waals surface area contributed by atoms with E-state index in [9.17, 15) is 4.79 Å². The number of fused-ring (bicyclic) bond motifs is 1. The van der Waals surface area contributed by atoms with Crippen LogP contribution in [0.3, 0.4) is 0 Å². The van der Waals surface area contributed by atoms with Gasteiger partial charge in [0.25, 0.3) is 0 Å². The van der Waals surface area contributed by atoms with Gasteiger partial charge in [-0.25, -0.2) is 9.97 Å². The molecule has 2 aromatic carbocycles. The molecule has 0 saturated carbocycles. The molecule has 1 fully saturated rings. The van der Waals surface area contributed by atoms with E-state index in [0.717, 1.165) is 23.6 Å². The van der Waals surface area contributed by atoms with Gasteiger partial charge in [-0.1, -0.05) is 31.7 Å². The lowest BCUT2D eigenvalue weighted by Gasteiger charge is -2.29. The molecular formula is C27H28N6O2. The van der Waals surface area contributed by atoms with Gasteiger partial charge in [0, 0.05) is 30.5 Å². The first-order chi connectivity index (χ1) is 17.0. The van der Waals surface area contributed by atoms with Gasteiger partial charge in [-0.05, 0) is 54.8 Å². The van der Waals surface area contributed by atoms with Crippen molar-refractivity contribution in [3.8, 4) is 22.8 Å². The predicted molar refractivity (Wildman–Crippen MR) is 136 cm³/mol. The summed E-state index contributed by atoms with van der Waals surface area (Å²) >= 11 is 0. The number of para-hydroxylation sites is 1. The molecule has 5 rings (SSSR count). The van der Waals surface area contributed by atoms with Crippen molar-refractivity contribution >= 4 is 17.2 Å². The second kappa shape index (κ2) is 9.23. The van der Waals surface area contributed by atoms with Crippen LogP contribution in [0.2, 0.25) is 0 Å². The van der Waals surface area contributed by atoms with Crippen LogP contribution in [-0.2, 0) is 4.79 Å². The molecule has 1 saturated heterocycles. The van der Waals surface area contributed by atoms with E-state index < -0.39 is 0 Å². The molecule has 0 aliphatic carbocycles. The Bertz CT molecular complexity index is 1370. The molecule has 1 aliphatic rings. The van der Waals surface area contributed by atoms with Crippen LogP contribution in [0.5, 0.6) is 11.5 Å². The number of hydrogen-bond donors (Lipinski definition) is 2. The minimum atomic E-state index is -0.266. The highest BCUT2D eigenvalue weighted by atomic mass is 16.5. The summed E-state index contributed by atoms with van der Waals surface area (Å²) in [6, 6.07) is 17.0. The monoisotopic (exact) mass is 468 g/mol. The number of benzene rings is 2. The highest BCUT2D eigenvalue weighted by Crippen LogP contribution is 2.42. The molecule has 8 heteroatoms. The summed E-state index contributed by atoms with van der Waals surface area (Å²) in [5.74, 6) is 2.58. The third-order valence-electron chi connectivity index (χ3n) is 6.56. The number of anilines is 1. The van der Waals surface area contributed by atoms with E-state index in [1.165, 1.54) is 6.08 Å². The second-order valence-corrected chi connectivity index (χ2v) is 8.79. The van der Waals surface area contributed by atoms with E-state index >= 15 is 0 Å². The standard InChI is InChI=1S/C27H28N6O2/c1-3-22(34)33-19(16-28)15-17(2)24(33)27-31-23(25-26(29)30-13-14-32(25)27)18-9-11-21(12-10-18)35-20-7-5-4-6-8-20/h3-14,17,19,24H,1,15-16,28H2,2H3,(H2,29,30)/t17-,19+,24?/m1/s1. The average molecular weight is 469 g/mol. The van der Waals surface area contributed by atoms with Gasteiger partial charge >= 0.3 is 0 Å². The average Bonchev–Trinajstić information content (AvgIpc) is 3.42. The number of carbonyl (C=O) groups excluding carboxylic acids is 1. The Labute approximate surface area is 203 Å². The van der Waals surface area contributed by atoms with Gasteiger partial charge in [0.2, 0.25) is 5.91 Å². The van der Waals surface area contributed by atoms with Crippen LogP contribution in [0.4, 0.5) is 5.82 Å². The Morgan fingerprint density at radius 2 is 1.89 bits per heavy atom. The number of rotatable bonds is 6. The van der Waals surface area contributed by atoms with Crippen LogP contribution in [0.1, 0.15) is 25.2 Å². The van der Waals surface area contributed by atoms with Crippen LogP contribution in [0.25, 0.3) is 16.8 Å². The highest BCUT2D eigenvalue weighted by Gasteiger charge is 2.43. The molecular weight excluding hydrogens is 440 g/mol. The normalized spacial score (nSPS) is 19.7. The van der Waals surface area contributed by atoms with Gasteiger partial charge in [-0.2, -0.15) is 0 Å². The van der Waals surface area contributed by atoms with Gasteiger partial charge in [0.05, 0.1) is 6.04 Å². The maximum Gasteiger partial charge on any atom is 0.246 e. The van der Waals surface area contributed by atoms with Crippen molar-refractivity contribution < 1.29 is 9.53 Å². The van der Waals surface area contributed by atoms with E-state index in [-0.39, 0.29) is 23.9 Å². The van der Waals surface area contributed by atoms with E-state index in [1.54, 1.807) is 6.20 Å². The molecule has 8 nitrogen and oxygen atoms in total. The van der Waals surface area contributed by atoms with Gasteiger partial charge in [0.15, 0.2) is 0 Å². The first kappa shape index (κ1) is 22.6. The van der Waals surface area contributed by atoms with E-state index in [0.29, 0.717) is 29.3 Å². The molecule has 3 atom stereocenters. The molecule has 4 aromatic rings. The minimum absolute atomic E-state index is 0.0788. The number of ether oxygens (including phenoxy) is 1. The zero-order chi connectivity index (χ0) is 24.5. The van der Waals surface area contributed by atoms with Crippen molar-refractivity contribution in [1.29, 1.82) is 0 Å². The molecule has 4 N–H and O–H groups in total. The number of likely N-dealkylation sites (tertiary alicyclic amines) is 1. The van der Waals surface area contributed by atoms with Crippen LogP contribution < -0.4 is 16.2 Å². The first-order valence-corrected chi connectivity index (χ1v) is 11.6. The fourth-order valence-electron chi connectivity index (χ4n) is 4.99. The lowest BCUT2D eigenvalue weighted by Crippen LogP contribution is -2.41. The van der Waals surface area contributed by atoms with Crippen molar-refractivity contribution in [3.05, 3.63) is 85.5 Å². The van der Waals surface area contributed by atoms with E-state index in [4.69, 9.17) is 21.2 Å². The summed E-state index contributed by atoms with van der Waals surface area (Å²) in [5, 5.41) is 0. The van der Waals surface area contributed by atoms with Crippen molar-refractivity contribution in [2.45, 2.75) is 25.4 Å². The number of amides is 1. The fraction of sp³-hybridized carbons (Fsp3) is 0.222. The molecule has 3 heterocycles. The van der Waals surface area contributed by atoms with Gasteiger partial charge in [-0.3, -0.25) is 9.20 Å². The molecule has 178 valence electrons. The Morgan fingerprint density at radius 1 is 1.17 bits per heavy atom. The summed E-state index contributed by atoms with van der Waals surface area (Å²) in [6.45, 7) is 6.19. The third-order valence-corrected chi connectivity index (χ3v) is 6.56. The number of aromatic nitrogens is 3. The van der Waals surface area contributed by atoms with Crippen LogP contribution >= 0.6 is 0 Å². The Balaban J connectivity index is 1.58. The van der Waals surface area contributed by atoms with Crippen molar-refractivity contribution in [3.63, 3.8) is 0 Å². The molecule has 35 heavy (non-hydrogen) atoms. The summed E-state index contributed by atoms with van der Waals surface area (Å²) < 4.78 is 7.87. The number of nitrogens with two attached hydrogens (primary N) is 2. The summed E-state index contributed by atoms with van der Waals surface area (Å²) in [5.41, 5.74) is 14.6. The predicted octanol–water partition coefficient (Wildman–Crippen LogP) is 4.19. The van der Waals surface area contributed by atoms with Crippen molar-refractivity contribution in [1.82, 2.24) is 19.3 Å². The lowest BCUT2D eigenvalue weighted by molar-refractivity contribution is -0.129. The zero-order valence-electron chi connectivity index (χ0n) is 19.5. The largest absolute Gasteiger partial charge is 0.457 e. The minimum Gasteiger partial charge on any atom is -0.457 e. The molecule has 0 bridgehead atoms. The quantitative estimate of drug-likeness (QED) is 0.410. The number of nitrogen functional groups attached to an aromatic ring is 1. The Morgan fingerprint density at radius 3 is 2.57 bits per heavy atom. The smallest absolute Gasteiger partial charge is 0.246 e. The van der Waals surface area contributed by atoms with Crippen LogP contribution in [0.15, 0.2) is 79.6 Å². The molecule has 0 spiro atoms. The summed E-state index contributed by atoms with van der Waals surface area (Å²) in [4.78, 5) is 24.0. The Kier molecular flexibility index (Phi) is 5.96. The topological polar surface area (TPSA) is 112 Å². The fourth-order valence-corrected chi connectivity index (χ4v) is 4.99. The van der Waals surface area contributed by atoms with Crippen molar-refractivity contribution in [2.24, 2.45) is 11.7 Å². The number of carbonyl (C=O) groups is 1. The lowest BCUT2D eigenvalue weighted by atomic mass is 10.0. The maximum absolute atomic E-state index is 12.8. The molecule has 1 aliphatic heterocycles. The molecule has 2 aromatic heterocycles. The van der Waals surface area contributed by atoms with Crippen LogP contribution in [0, 0.1) is 5.92 Å². The van der Waals surface area contributed by atoms with Gasteiger partial charge in [0.1, 0.15) is 34.4 Å². The summed E-state index contributed by atoms with van der Waals surface area (Å²) in [6.07, 6.45) is 5.61. The number of imidazole rings is 1. The van der Waals surface area contributed by atoms with Gasteiger partial charge < -0.3 is 21.1 Å². The van der Waals surface area contributed by atoms with Gasteiger partial charge in [-0.15, -0.1) is 0 Å². The Hall–Kier alpha value is -4.17. The second-order valence-electron chi connectivity index (χ2n) is 8.79. The number of nitrogens with zero attached hydrogens (tertiary/aromatic N) is 4. The first-order valence-electron chi connectivity index (χ1n) is 11.6. The third kappa shape index (κ3) is 4.02. The van der Waals surface area contributed by atoms with Crippen molar-refractivity contribution in [2.75, 3.05) is 12.3 Å². The van der Waals surface area contributed by atoms with E-state index in [2.05, 4.69) is 18.5 Å². The highest BCUT2D eigenvalue weighted by molar-refractivity contribution is 5.88. The van der Waals surface area contributed by atoms with E-state index in [1.807, 2.05) is 70.1 Å². The zero-order valence-corrected chi connectivity index (χ0v) is 19.5. The maximum atomic E-state index is 12.8. The SMILES string of the molecule is C=CC(=O)N1C(c2nc(-c3ccc(Oc4ccccc4)cc3)c3c(N)nccn23)[C@H](C)C[C@H]1CN. The molecule has 1 unspecified atom stereocenters. The molecule has 0 radical (unpaired) electrons. The molecule has 1 amide bonds. The summed E-state index contributed by atoms with van der Waals surface area (Å²) in [7, 11) is 0. The number of hydrogen-bond acceptors (Lipinski definition) is 6. The van der Waals surface area contributed by atoms with Crippen LogP contribution in [-0.4, -0.2) is 37.8 Å².